The number of rotatable bonds is 3. The van der Waals surface area contributed by atoms with Crippen molar-refractivity contribution in [3.05, 3.63) is 35.3 Å². The van der Waals surface area contributed by atoms with Crippen molar-refractivity contribution in [1.82, 2.24) is 4.57 Å². The number of carbonyl (C=O) groups excluding carboxylic acids is 1. The lowest BCUT2D eigenvalue weighted by molar-refractivity contribution is -0.153. The Labute approximate surface area is 110 Å². The zero-order valence-corrected chi connectivity index (χ0v) is 11.1. The SMILES string of the molecule is CCOC(=O)C(O)c1ccc2c(cc(C)n2C)c1F. The standard InChI is InChI=1S/C14H16FNO3/c1-4-19-14(18)13(17)9-5-6-11-10(12(9)15)7-8(2)16(11)3/h5-7,13,17H,4H2,1-3H3. The highest BCUT2D eigenvalue weighted by Crippen LogP contribution is 2.28. The van der Waals surface area contributed by atoms with Gasteiger partial charge in [0.25, 0.3) is 0 Å². The minimum absolute atomic E-state index is 0.0587. The van der Waals surface area contributed by atoms with Crippen LogP contribution in [0.15, 0.2) is 18.2 Å². The molecule has 2 rings (SSSR count). The van der Waals surface area contributed by atoms with Crippen LogP contribution in [0.2, 0.25) is 0 Å². The Balaban J connectivity index is 2.51. The van der Waals surface area contributed by atoms with Crippen LogP contribution in [0.4, 0.5) is 4.39 Å². The molecule has 0 bridgehead atoms. The molecule has 0 fully saturated rings. The molecule has 0 aliphatic carbocycles. The molecular weight excluding hydrogens is 249 g/mol. The molecule has 4 nitrogen and oxygen atoms in total. The highest BCUT2D eigenvalue weighted by atomic mass is 19.1. The number of fused-ring (bicyclic) bond motifs is 1. The normalized spacial score (nSPS) is 12.7. The van der Waals surface area contributed by atoms with Crippen molar-refractivity contribution in [1.29, 1.82) is 0 Å². The van der Waals surface area contributed by atoms with E-state index in [1.54, 1.807) is 19.1 Å². The maximum absolute atomic E-state index is 14.3. The second-order valence-corrected chi connectivity index (χ2v) is 4.40. The molecule has 19 heavy (non-hydrogen) atoms. The zero-order chi connectivity index (χ0) is 14.2. The monoisotopic (exact) mass is 265 g/mol. The third kappa shape index (κ3) is 2.21. The van der Waals surface area contributed by atoms with Crippen LogP contribution >= 0.6 is 0 Å². The second kappa shape index (κ2) is 5.01. The lowest BCUT2D eigenvalue weighted by Crippen LogP contribution is -2.16. The van der Waals surface area contributed by atoms with Crippen molar-refractivity contribution in [2.24, 2.45) is 7.05 Å². The summed E-state index contributed by atoms with van der Waals surface area (Å²) in [7, 11) is 1.83. The predicted molar refractivity (Wildman–Crippen MR) is 69.2 cm³/mol. The van der Waals surface area contributed by atoms with Crippen molar-refractivity contribution in [2.75, 3.05) is 6.61 Å². The van der Waals surface area contributed by atoms with Gasteiger partial charge in [-0.1, -0.05) is 6.07 Å². The summed E-state index contributed by atoms with van der Waals surface area (Å²) >= 11 is 0. The third-order valence-corrected chi connectivity index (χ3v) is 3.23. The average Bonchev–Trinajstić information content (AvgIpc) is 2.67. The number of hydrogen-bond donors (Lipinski definition) is 1. The molecule has 102 valence electrons. The van der Waals surface area contributed by atoms with Gasteiger partial charge in [-0.25, -0.2) is 9.18 Å². The molecule has 0 aliphatic heterocycles. The quantitative estimate of drug-likeness (QED) is 0.866. The van der Waals surface area contributed by atoms with E-state index in [1.807, 2.05) is 18.5 Å². The molecule has 0 saturated carbocycles. The Morgan fingerprint density at radius 3 is 2.84 bits per heavy atom. The Hall–Kier alpha value is -1.88. The van der Waals surface area contributed by atoms with Crippen LogP contribution in [0.1, 0.15) is 24.3 Å². The number of aliphatic hydroxyl groups excluding tert-OH is 1. The predicted octanol–water partition coefficient (Wildman–Crippen LogP) is 2.22. The number of nitrogens with zero attached hydrogens (tertiary/aromatic N) is 1. The van der Waals surface area contributed by atoms with Gasteiger partial charge in [-0.2, -0.15) is 0 Å². The van der Waals surface area contributed by atoms with Gasteiger partial charge in [-0.05, 0) is 26.0 Å². The fourth-order valence-electron chi connectivity index (χ4n) is 2.08. The Morgan fingerprint density at radius 2 is 2.21 bits per heavy atom. The number of aromatic nitrogens is 1. The van der Waals surface area contributed by atoms with E-state index in [0.29, 0.717) is 5.39 Å². The third-order valence-electron chi connectivity index (χ3n) is 3.23. The number of hydrogen-bond acceptors (Lipinski definition) is 3. The van der Waals surface area contributed by atoms with E-state index in [-0.39, 0.29) is 12.2 Å². The molecule has 1 aromatic carbocycles. The first kappa shape index (κ1) is 13.5. The fraction of sp³-hybridized carbons (Fsp3) is 0.357. The minimum Gasteiger partial charge on any atom is -0.464 e. The molecule has 0 spiro atoms. The van der Waals surface area contributed by atoms with Crippen LogP contribution in [0.3, 0.4) is 0 Å². The number of benzene rings is 1. The summed E-state index contributed by atoms with van der Waals surface area (Å²) in [6.07, 6.45) is -1.59. The summed E-state index contributed by atoms with van der Waals surface area (Å²) in [4.78, 5) is 11.5. The first-order valence-electron chi connectivity index (χ1n) is 6.06. The molecule has 0 saturated heterocycles. The molecule has 1 unspecified atom stereocenters. The summed E-state index contributed by atoms with van der Waals surface area (Å²) in [5.74, 6) is -1.42. The van der Waals surface area contributed by atoms with Gasteiger partial charge in [0, 0.05) is 23.7 Å². The van der Waals surface area contributed by atoms with Gasteiger partial charge in [0.1, 0.15) is 5.82 Å². The Morgan fingerprint density at radius 1 is 1.53 bits per heavy atom. The summed E-state index contributed by atoms with van der Waals surface area (Å²) in [6, 6.07) is 4.79. The maximum Gasteiger partial charge on any atom is 0.339 e. The van der Waals surface area contributed by atoms with Crippen molar-refractivity contribution in [2.45, 2.75) is 20.0 Å². The molecule has 5 heteroatoms. The number of aryl methyl sites for hydroxylation is 2. The molecule has 0 amide bonds. The molecule has 1 atom stereocenters. The number of carbonyl (C=O) groups is 1. The van der Waals surface area contributed by atoms with Crippen molar-refractivity contribution < 1.29 is 19.0 Å². The molecule has 1 N–H and O–H groups in total. The average molecular weight is 265 g/mol. The van der Waals surface area contributed by atoms with Crippen LogP contribution < -0.4 is 0 Å². The number of halogens is 1. The molecule has 2 aromatic rings. The van der Waals surface area contributed by atoms with Gasteiger partial charge in [-0.3, -0.25) is 0 Å². The molecule has 1 heterocycles. The van der Waals surface area contributed by atoms with Gasteiger partial charge in [0.2, 0.25) is 0 Å². The van der Waals surface area contributed by atoms with E-state index in [9.17, 15) is 14.3 Å². The van der Waals surface area contributed by atoms with E-state index in [1.165, 1.54) is 6.07 Å². The van der Waals surface area contributed by atoms with E-state index >= 15 is 0 Å². The lowest BCUT2D eigenvalue weighted by Gasteiger charge is -2.11. The van der Waals surface area contributed by atoms with E-state index in [2.05, 4.69) is 0 Å². The van der Waals surface area contributed by atoms with Gasteiger partial charge in [0.15, 0.2) is 6.10 Å². The highest BCUT2D eigenvalue weighted by Gasteiger charge is 2.24. The topological polar surface area (TPSA) is 51.5 Å². The maximum atomic E-state index is 14.3. The van der Waals surface area contributed by atoms with E-state index in [0.717, 1.165) is 11.2 Å². The fourth-order valence-corrected chi connectivity index (χ4v) is 2.08. The van der Waals surface area contributed by atoms with Gasteiger partial charge in [0.05, 0.1) is 12.1 Å². The first-order valence-corrected chi connectivity index (χ1v) is 6.06. The number of aliphatic hydroxyl groups is 1. The van der Waals surface area contributed by atoms with Crippen LogP contribution in [0.5, 0.6) is 0 Å². The second-order valence-electron chi connectivity index (χ2n) is 4.40. The van der Waals surface area contributed by atoms with Gasteiger partial charge >= 0.3 is 5.97 Å². The van der Waals surface area contributed by atoms with Gasteiger partial charge in [-0.15, -0.1) is 0 Å². The van der Waals surface area contributed by atoms with Crippen molar-refractivity contribution in [3.63, 3.8) is 0 Å². The number of esters is 1. The first-order chi connectivity index (χ1) is 8.97. The molecular formula is C14H16FNO3. The van der Waals surface area contributed by atoms with Crippen LogP contribution in [-0.2, 0) is 16.6 Å². The summed E-state index contributed by atoms with van der Waals surface area (Å²) < 4.78 is 20.9. The molecule has 0 aliphatic rings. The minimum atomic E-state index is -1.59. The summed E-state index contributed by atoms with van der Waals surface area (Å²) in [6.45, 7) is 3.63. The largest absolute Gasteiger partial charge is 0.464 e. The highest BCUT2D eigenvalue weighted by molar-refractivity contribution is 5.85. The van der Waals surface area contributed by atoms with Crippen LogP contribution in [-0.4, -0.2) is 22.2 Å². The van der Waals surface area contributed by atoms with Crippen molar-refractivity contribution >= 4 is 16.9 Å². The summed E-state index contributed by atoms with van der Waals surface area (Å²) in [5, 5.41) is 10.2. The van der Waals surface area contributed by atoms with E-state index < -0.39 is 17.9 Å². The number of ether oxygens (including phenoxy) is 1. The zero-order valence-electron chi connectivity index (χ0n) is 11.1. The van der Waals surface area contributed by atoms with Crippen molar-refractivity contribution in [3.8, 4) is 0 Å². The van der Waals surface area contributed by atoms with Crippen LogP contribution in [0.25, 0.3) is 10.9 Å². The van der Waals surface area contributed by atoms with Crippen LogP contribution in [0, 0.1) is 12.7 Å². The molecule has 0 radical (unpaired) electrons. The molecule has 1 aromatic heterocycles. The van der Waals surface area contributed by atoms with Gasteiger partial charge < -0.3 is 14.4 Å². The lowest BCUT2D eigenvalue weighted by atomic mass is 10.1. The Bertz CT molecular complexity index is 633. The Kier molecular flexibility index (Phi) is 3.57. The van der Waals surface area contributed by atoms with E-state index in [4.69, 9.17) is 4.74 Å². The summed E-state index contributed by atoms with van der Waals surface area (Å²) in [5.41, 5.74) is 1.56. The smallest absolute Gasteiger partial charge is 0.339 e.